The molecule has 0 aliphatic rings. The van der Waals surface area contributed by atoms with Crippen LogP contribution in [0.5, 0.6) is 0 Å². The Morgan fingerprint density at radius 1 is 1.30 bits per heavy atom. The Hall–Kier alpha value is -1.03. The fourth-order valence-electron chi connectivity index (χ4n) is 1.75. The molecule has 2 aromatic rings. The van der Waals surface area contributed by atoms with Crippen LogP contribution in [-0.2, 0) is 12.3 Å². The molecule has 0 aliphatic heterocycles. The van der Waals surface area contributed by atoms with Crippen LogP contribution in [0, 0.1) is 0 Å². The van der Waals surface area contributed by atoms with Gasteiger partial charge in [-0.15, -0.1) is 11.8 Å². The number of rotatable bonds is 6. The molecule has 0 spiro atoms. The molecule has 0 atom stereocenters. The predicted octanol–water partition coefficient (Wildman–Crippen LogP) is 4.53. The van der Waals surface area contributed by atoms with E-state index in [4.69, 9.17) is 11.6 Å². The predicted molar refractivity (Wildman–Crippen MR) is 87.2 cm³/mol. The van der Waals surface area contributed by atoms with Crippen molar-refractivity contribution in [3.8, 4) is 0 Å². The first-order valence-corrected chi connectivity index (χ1v) is 8.05. The van der Waals surface area contributed by atoms with Crippen LogP contribution in [0.1, 0.15) is 25.0 Å². The van der Waals surface area contributed by atoms with Gasteiger partial charge in [0.05, 0.1) is 5.02 Å². The van der Waals surface area contributed by atoms with E-state index in [0.717, 1.165) is 22.9 Å². The van der Waals surface area contributed by atoms with Crippen LogP contribution in [0.2, 0.25) is 5.02 Å². The molecule has 106 valence electrons. The van der Waals surface area contributed by atoms with Gasteiger partial charge in [-0.2, -0.15) is 0 Å². The van der Waals surface area contributed by atoms with Gasteiger partial charge in [-0.3, -0.25) is 4.98 Å². The van der Waals surface area contributed by atoms with Crippen molar-refractivity contribution in [3.05, 3.63) is 58.9 Å². The monoisotopic (exact) mass is 306 g/mol. The summed E-state index contributed by atoms with van der Waals surface area (Å²) >= 11 is 7.92. The number of nitrogens with zero attached hydrogens (tertiary/aromatic N) is 1. The Balaban J connectivity index is 1.96. The van der Waals surface area contributed by atoms with E-state index in [1.165, 1.54) is 10.5 Å². The maximum atomic E-state index is 6.12. The zero-order valence-corrected chi connectivity index (χ0v) is 13.3. The van der Waals surface area contributed by atoms with Gasteiger partial charge in [-0.25, -0.2) is 0 Å². The second-order valence-electron chi connectivity index (χ2n) is 4.94. The molecule has 2 rings (SSSR count). The Labute approximate surface area is 130 Å². The molecule has 2 nitrogen and oxygen atoms in total. The third-order valence-corrected chi connectivity index (χ3v) is 4.25. The van der Waals surface area contributed by atoms with Gasteiger partial charge in [0.2, 0.25) is 0 Å². The summed E-state index contributed by atoms with van der Waals surface area (Å²) < 4.78 is 0. The van der Waals surface area contributed by atoms with Gasteiger partial charge < -0.3 is 5.32 Å². The smallest absolute Gasteiger partial charge is 0.0629 e. The van der Waals surface area contributed by atoms with Crippen molar-refractivity contribution in [2.24, 2.45) is 0 Å². The molecule has 1 heterocycles. The highest BCUT2D eigenvalue weighted by Crippen LogP contribution is 2.26. The number of benzene rings is 1. The average Bonchev–Trinajstić information content (AvgIpc) is 2.45. The first-order valence-electron chi connectivity index (χ1n) is 6.68. The van der Waals surface area contributed by atoms with Gasteiger partial charge in [0.15, 0.2) is 0 Å². The highest BCUT2D eigenvalue weighted by molar-refractivity contribution is 7.98. The quantitative estimate of drug-likeness (QED) is 0.794. The van der Waals surface area contributed by atoms with Crippen LogP contribution in [0.25, 0.3) is 0 Å². The van der Waals surface area contributed by atoms with Gasteiger partial charge in [-0.05, 0) is 29.3 Å². The Morgan fingerprint density at radius 3 is 2.90 bits per heavy atom. The van der Waals surface area contributed by atoms with E-state index in [1.807, 2.05) is 6.07 Å². The maximum Gasteiger partial charge on any atom is 0.0629 e. The van der Waals surface area contributed by atoms with E-state index >= 15 is 0 Å². The number of halogens is 1. The minimum atomic E-state index is 0.502. The van der Waals surface area contributed by atoms with Gasteiger partial charge in [0, 0.05) is 35.6 Å². The standard InChI is InChI=1S/C16H19ClN2S/c1-12(2)19-9-13-4-3-5-15(8-13)20-11-14-6-7-18-10-16(14)17/h3-8,10,12,19H,9,11H2,1-2H3. The molecule has 0 aliphatic carbocycles. The molecule has 1 aromatic carbocycles. The highest BCUT2D eigenvalue weighted by Gasteiger charge is 2.02. The van der Waals surface area contributed by atoms with Gasteiger partial charge in [-0.1, -0.05) is 37.6 Å². The molecule has 20 heavy (non-hydrogen) atoms. The van der Waals surface area contributed by atoms with E-state index < -0.39 is 0 Å². The molecule has 4 heteroatoms. The third kappa shape index (κ3) is 4.82. The number of hydrogen-bond acceptors (Lipinski definition) is 3. The minimum Gasteiger partial charge on any atom is -0.310 e. The van der Waals surface area contributed by atoms with Gasteiger partial charge >= 0.3 is 0 Å². The molecule has 0 amide bonds. The van der Waals surface area contributed by atoms with Crippen LogP contribution < -0.4 is 5.32 Å². The van der Waals surface area contributed by atoms with Gasteiger partial charge in [0.1, 0.15) is 0 Å². The number of pyridine rings is 1. The summed E-state index contributed by atoms with van der Waals surface area (Å²) in [6, 6.07) is 11.1. The molecular weight excluding hydrogens is 288 g/mol. The summed E-state index contributed by atoms with van der Waals surface area (Å²) in [7, 11) is 0. The highest BCUT2D eigenvalue weighted by atomic mass is 35.5. The molecule has 0 bridgehead atoms. The second-order valence-corrected chi connectivity index (χ2v) is 6.39. The fourth-order valence-corrected chi connectivity index (χ4v) is 3.00. The first-order chi connectivity index (χ1) is 9.65. The summed E-state index contributed by atoms with van der Waals surface area (Å²) in [5, 5.41) is 4.17. The van der Waals surface area contributed by atoms with E-state index in [1.54, 1.807) is 24.2 Å². The number of aromatic nitrogens is 1. The zero-order chi connectivity index (χ0) is 14.4. The van der Waals surface area contributed by atoms with Crippen molar-refractivity contribution in [2.45, 2.75) is 37.1 Å². The van der Waals surface area contributed by atoms with Crippen LogP contribution in [0.15, 0.2) is 47.6 Å². The van der Waals surface area contributed by atoms with Crippen LogP contribution in [-0.4, -0.2) is 11.0 Å². The lowest BCUT2D eigenvalue weighted by molar-refractivity contribution is 0.588. The molecule has 1 aromatic heterocycles. The summed E-state index contributed by atoms with van der Waals surface area (Å²) in [5.41, 5.74) is 2.43. The molecule has 0 unspecified atom stereocenters. The Bertz CT molecular complexity index is 558. The fraction of sp³-hybridized carbons (Fsp3) is 0.312. The van der Waals surface area contributed by atoms with Crippen LogP contribution in [0.3, 0.4) is 0 Å². The molecular formula is C16H19ClN2S. The lowest BCUT2D eigenvalue weighted by atomic mass is 10.2. The van der Waals surface area contributed by atoms with Crippen molar-refractivity contribution in [1.29, 1.82) is 0 Å². The lowest BCUT2D eigenvalue weighted by Crippen LogP contribution is -2.21. The first kappa shape index (κ1) is 15.4. The van der Waals surface area contributed by atoms with E-state index in [-0.39, 0.29) is 0 Å². The number of thioether (sulfide) groups is 1. The van der Waals surface area contributed by atoms with E-state index in [2.05, 4.69) is 48.4 Å². The molecule has 0 fully saturated rings. The van der Waals surface area contributed by atoms with Crippen molar-refractivity contribution in [2.75, 3.05) is 0 Å². The van der Waals surface area contributed by atoms with Crippen molar-refractivity contribution in [1.82, 2.24) is 10.3 Å². The normalized spacial score (nSPS) is 11.0. The number of hydrogen-bond donors (Lipinski definition) is 1. The van der Waals surface area contributed by atoms with Crippen molar-refractivity contribution < 1.29 is 0 Å². The molecule has 0 saturated carbocycles. The molecule has 0 saturated heterocycles. The SMILES string of the molecule is CC(C)NCc1cccc(SCc2ccncc2Cl)c1. The van der Waals surface area contributed by atoms with Crippen LogP contribution in [0.4, 0.5) is 0 Å². The van der Waals surface area contributed by atoms with Crippen LogP contribution >= 0.6 is 23.4 Å². The van der Waals surface area contributed by atoms with Crippen molar-refractivity contribution in [3.63, 3.8) is 0 Å². The largest absolute Gasteiger partial charge is 0.310 e. The zero-order valence-electron chi connectivity index (χ0n) is 11.8. The summed E-state index contributed by atoms with van der Waals surface area (Å²) in [4.78, 5) is 5.27. The van der Waals surface area contributed by atoms with Crippen molar-refractivity contribution >= 4 is 23.4 Å². The summed E-state index contributed by atoms with van der Waals surface area (Å²) in [6.07, 6.45) is 3.48. The average molecular weight is 307 g/mol. The third-order valence-electron chi connectivity index (χ3n) is 2.86. The van der Waals surface area contributed by atoms with E-state index in [9.17, 15) is 0 Å². The summed E-state index contributed by atoms with van der Waals surface area (Å²) in [5.74, 6) is 0.864. The Morgan fingerprint density at radius 2 is 2.15 bits per heavy atom. The molecule has 0 radical (unpaired) electrons. The number of nitrogens with one attached hydrogen (secondary N) is 1. The second kappa shape index (κ2) is 7.67. The topological polar surface area (TPSA) is 24.9 Å². The lowest BCUT2D eigenvalue weighted by Gasteiger charge is -2.09. The summed E-state index contributed by atoms with van der Waals surface area (Å²) in [6.45, 7) is 5.22. The maximum absolute atomic E-state index is 6.12. The minimum absolute atomic E-state index is 0.502. The molecule has 1 N–H and O–H groups in total. The van der Waals surface area contributed by atoms with E-state index in [0.29, 0.717) is 6.04 Å². The van der Waals surface area contributed by atoms with Gasteiger partial charge in [0.25, 0.3) is 0 Å². The Kier molecular flexibility index (Phi) is 5.89.